The van der Waals surface area contributed by atoms with Gasteiger partial charge >= 0.3 is 6.09 Å². The van der Waals surface area contributed by atoms with Crippen LogP contribution < -0.4 is 58.9 Å². The fourth-order valence-corrected chi connectivity index (χ4v) is 24.6. The SMILES string of the molecule is CC(C)CCCC(C)C1CCC2C3CC=C4CC(OC(=O)NCCCCC5NC(=O)C(CC6=CNC7C=CC=CC67)NC(=O)C(Cc6ccc(O)cc6)NC(=O)C(NC(=O)C(CNC(=O)C6CCCN6C(=O)C6CCCN6C(=O)C6=CN(C)C=CC6)c6ccc7ccccc7c6)CSSCC(C(=O)NC(C(N)=O)C(C)O)NC(=O)C(C(C)C)NC5=O)CCC4(C)C3CCC12C.[2HH].[2HH]. The average molecular weight is 1830 g/mol. The Kier molecular flexibility index (Phi) is 32.9. The summed E-state index contributed by atoms with van der Waals surface area (Å²) in [5.41, 5.74) is 9.63. The summed E-state index contributed by atoms with van der Waals surface area (Å²) in [5.74, 6) is -7.04. The number of rotatable bonds is 28. The fourth-order valence-electron chi connectivity index (χ4n) is 22.3. The van der Waals surface area contributed by atoms with Crippen LogP contribution in [0.15, 0.2) is 139 Å². The highest BCUT2D eigenvalue weighted by Gasteiger charge is 2.60. The summed E-state index contributed by atoms with van der Waals surface area (Å²) < 4.78 is 6.21. The lowest BCUT2D eigenvalue weighted by Gasteiger charge is -2.58. The smallest absolute Gasteiger partial charge is 0.407 e. The van der Waals surface area contributed by atoms with Crippen LogP contribution in [0, 0.1) is 58.2 Å². The largest absolute Gasteiger partial charge is 0.508 e. The fraction of sp³-hybridized carbons (Fsp3) is 0.596. The molecule has 130 heavy (non-hydrogen) atoms. The zero-order chi connectivity index (χ0) is 92.8. The van der Waals surface area contributed by atoms with Gasteiger partial charge in [-0.2, -0.15) is 0 Å². The van der Waals surface area contributed by atoms with E-state index in [4.69, 9.17) is 10.5 Å². The summed E-state index contributed by atoms with van der Waals surface area (Å²) in [4.78, 5) is 183. The van der Waals surface area contributed by atoms with Gasteiger partial charge in [0.05, 0.1) is 18.1 Å². The summed E-state index contributed by atoms with van der Waals surface area (Å²) in [6.45, 7) is 17.2. The molecule has 3 saturated heterocycles. The predicted molar refractivity (Wildman–Crippen MR) is 506 cm³/mol. The molecule has 21 atom stereocenters. The topological polar surface area (TPSA) is 411 Å². The maximum Gasteiger partial charge on any atom is 0.407 e. The number of nitrogens with two attached hydrogens (primary N) is 1. The zero-order valence-electron chi connectivity index (χ0n) is 76.7. The lowest BCUT2D eigenvalue weighted by Crippen LogP contribution is -2.62. The van der Waals surface area contributed by atoms with Crippen LogP contribution in [0.25, 0.3) is 10.8 Å². The number of likely N-dealkylation sites (tertiary alicyclic amines) is 2. The Hall–Kier alpha value is -10.1. The van der Waals surface area contributed by atoms with Gasteiger partial charge in [-0.1, -0.05) is 186 Å². The molecule has 3 aromatic carbocycles. The third kappa shape index (κ3) is 23.5. The first-order chi connectivity index (χ1) is 62.2. The van der Waals surface area contributed by atoms with Crippen molar-refractivity contribution in [1.82, 2.24) is 67.9 Å². The minimum atomic E-state index is -1.64. The van der Waals surface area contributed by atoms with Crippen molar-refractivity contribution in [3.05, 3.63) is 150 Å². The summed E-state index contributed by atoms with van der Waals surface area (Å²) >= 11 is 0. The Labute approximate surface area is 775 Å². The number of benzene rings is 3. The maximum absolute atomic E-state index is 15.8. The van der Waals surface area contributed by atoms with Gasteiger partial charge in [0, 0.05) is 78.1 Å². The van der Waals surface area contributed by atoms with Crippen molar-refractivity contribution < 1.29 is 75.3 Å². The molecule has 5 heterocycles. The molecule has 0 spiro atoms. The normalized spacial score (nSPS) is 29.9. The van der Waals surface area contributed by atoms with Gasteiger partial charge in [0.25, 0.3) is 5.91 Å². The molecule has 13 rings (SSSR count). The van der Waals surface area contributed by atoms with Crippen LogP contribution in [0.3, 0.4) is 0 Å². The Balaban J connectivity index is 0.00000840. The summed E-state index contributed by atoms with van der Waals surface area (Å²) in [6.07, 6.45) is 29.7. The van der Waals surface area contributed by atoms with E-state index in [0.29, 0.717) is 96.9 Å². The number of fused-ring (bicyclic) bond motifs is 7. The number of alkyl carbamates (subject to hydrolysis) is 1. The standard InChI is InChI=1S/C99H136N14O15S2.2H2/c1-57(2)20-16-21-59(5)73-38-39-74-71-37-34-67-51-69(40-42-98(67,7)75(71)41-43-99(73,74)8)128-97(127)101-44-15-14-27-77-88(118)109-84(58(3)4)94(124)108-81(92(122)110-85(60(6)114)86(100)116)56-130-129-55-80(91(121)105-78(48-61-30-35-68(115)36-31-61)89(119)106-79(90(120)104-77)50-66-52-102-76-26-13-12-25-70(66)76)107-87(117)72(64-33-32-62-22-10-11-23-63(62)49-64)53-103-93(123)82-28-18-46-112(82)96(126)83-29-19-47-113(83)95(125)65-24-17-45-111(9)54-65;;/h10-13,17,22-23,25-26,30-36,45,49,52,54,57-60,69-85,102,114-115H,14-16,18-21,24,27-29,37-44,46-48,50-51,53,55-56H2,1-9H3,(H2,100,116)(H,101,127)(H,103,123)(H,104,120)(H,105,121)(H,106,119)(H,107,117)(H,108,124)(H,109,118)(H,110,122);2*1H/i;2*1+1. The third-order valence-corrected chi connectivity index (χ3v) is 32.0. The number of carbonyl (C=O) groups is 12. The molecule has 14 N–H and O–H groups in total. The van der Waals surface area contributed by atoms with Gasteiger partial charge in [-0.3, -0.25) is 52.7 Å². The highest BCUT2D eigenvalue weighted by atomic mass is 33.1. The van der Waals surface area contributed by atoms with E-state index in [9.17, 15) is 39.0 Å². The number of phenols is 1. The van der Waals surface area contributed by atoms with Crippen molar-refractivity contribution >= 4 is 103 Å². The van der Waals surface area contributed by atoms with Gasteiger partial charge in [0.1, 0.15) is 66.2 Å². The molecule has 708 valence electrons. The van der Waals surface area contributed by atoms with Crippen molar-refractivity contribution in [3.8, 4) is 5.75 Å². The molecule has 29 nitrogen and oxygen atoms in total. The van der Waals surface area contributed by atoms with E-state index in [-0.39, 0.29) is 101 Å². The van der Waals surface area contributed by atoms with Crippen LogP contribution in [0.1, 0.15) is 204 Å². The van der Waals surface area contributed by atoms with Crippen LogP contribution in [-0.2, 0) is 63.9 Å². The van der Waals surface area contributed by atoms with Crippen LogP contribution in [0.2, 0.25) is 0 Å². The highest BCUT2D eigenvalue weighted by Crippen LogP contribution is 2.67. The molecule has 21 unspecified atom stereocenters. The number of allylic oxidation sites excluding steroid dienone is 4. The summed E-state index contributed by atoms with van der Waals surface area (Å²) in [5, 5.41) is 51.9. The van der Waals surface area contributed by atoms with Crippen molar-refractivity contribution in [3.63, 3.8) is 0 Å². The number of phenolic OH excluding ortho intramolecular Hbond substituents is 1. The minimum Gasteiger partial charge on any atom is -0.508 e. The van der Waals surface area contributed by atoms with E-state index < -0.39 is 132 Å². The van der Waals surface area contributed by atoms with E-state index in [1.54, 1.807) is 60.3 Å². The second-order valence-electron chi connectivity index (χ2n) is 39.2. The number of nitrogens with one attached hydrogen (secondary N) is 10. The number of hydrogen-bond donors (Lipinski definition) is 13. The van der Waals surface area contributed by atoms with Crippen LogP contribution in [0.4, 0.5) is 4.79 Å². The first kappa shape index (κ1) is 97.4. The first-order valence-electron chi connectivity index (χ1n) is 47.3. The van der Waals surface area contributed by atoms with Crippen LogP contribution in [0.5, 0.6) is 5.75 Å². The van der Waals surface area contributed by atoms with Crippen molar-refractivity contribution in [2.24, 2.45) is 63.9 Å². The van der Waals surface area contributed by atoms with Gasteiger partial charge in [-0.15, -0.1) is 0 Å². The Bertz CT molecular complexity index is 4860. The van der Waals surface area contributed by atoms with Crippen molar-refractivity contribution in [2.45, 2.75) is 269 Å². The molecule has 3 aromatic rings. The molecule has 12 amide bonds. The van der Waals surface area contributed by atoms with E-state index in [1.807, 2.05) is 74.0 Å². The number of ether oxygens (including phenoxy) is 1. The summed E-state index contributed by atoms with van der Waals surface area (Å²) in [6, 6.07) is 6.11. The molecule has 10 aliphatic rings. The van der Waals surface area contributed by atoms with Gasteiger partial charge < -0.3 is 88.6 Å². The molecule has 31 heteroatoms. The monoisotopic (exact) mass is 1830 g/mol. The van der Waals surface area contributed by atoms with Gasteiger partial charge in [-0.05, 0) is 214 Å². The molecule has 0 radical (unpaired) electrons. The molecule has 6 fully saturated rings. The Morgan fingerprint density at radius 1 is 0.708 bits per heavy atom. The van der Waals surface area contributed by atoms with E-state index in [2.05, 4.69) is 93.9 Å². The lowest BCUT2D eigenvalue weighted by molar-refractivity contribution is -0.145. The molecular weight excluding hydrogens is 1690 g/mol. The molecule has 0 aromatic heterocycles. The number of aromatic hydroxyl groups is 1. The van der Waals surface area contributed by atoms with E-state index >= 15 is 28.8 Å². The Morgan fingerprint density at radius 2 is 1.42 bits per heavy atom. The number of carbonyl (C=O) groups excluding carboxylic acids is 12. The number of aliphatic hydroxyl groups is 1. The molecule has 3 saturated carbocycles. The average Bonchev–Trinajstić information content (AvgIpc) is 1.59. The first-order valence-corrected chi connectivity index (χ1v) is 49.8. The third-order valence-electron chi connectivity index (χ3n) is 29.5. The van der Waals surface area contributed by atoms with E-state index in [1.165, 1.54) is 74.5 Å². The van der Waals surface area contributed by atoms with Crippen molar-refractivity contribution in [1.29, 1.82) is 0 Å². The van der Waals surface area contributed by atoms with Crippen LogP contribution >= 0.6 is 21.6 Å². The van der Waals surface area contributed by atoms with E-state index in [0.717, 1.165) is 69.4 Å². The second kappa shape index (κ2) is 43.9. The number of primary amides is 1. The quantitative estimate of drug-likeness (QED) is 0.0183. The number of nitrogens with zero attached hydrogens (tertiary/aromatic N) is 3. The maximum atomic E-state index is 15.8. The van der Waals surface area contributed by atoms with Crippen LogP contribution in [-0.4, -0.2) is 213 Å². The Morgan fingerprint density at radius 3 is 2.15 bits per heavy atom. The van der Waals surface area contributed by atoms with Gasteiger partial charge in [0.15, 0.2) is 0 Å². The zero-order valence-corrected chi connectivity index (χ0v) is 78.3. The number of hydrogen-bond acceptors (Lipinski definition) is 19. The summed E-state index contributed by atoms with van der Waals surface area (Å²) in [7, 11) is 3.76. The van der Waals surface area contributed by atoms with Gasteiger partial charge in [0.2, 0.25) is 59.1 Å². The molecular formula is C99H140N14O15S2. The minimum absolute atomic E-state index is 0. The van der Waals surface area contributed by atoms with Gasteiger partial charge in [-0.25, -0.2) is 4.79 Å². The number of amides is 12. The predicted octanol–water partition coefficient (Wildman–Crippen LogP) is 9.80. The molecule has 0 bridgehead atoms. The highest BCUT2D eigenvalue weighted by molar-refractivity contribution is 8.76. The second-order valence-corrected chi connectivity index (χ2v) is 41.7. The molecule has 5 aliphatic heterocycles. The number of unbranched alkanes of at least 4 members (excludes halogenated alkanes) is 1. The molecule has 5 aliphatic carbocycles. The lowest BCUT2D eigenvalue weighted by atomic mass is 9.47. The number of aliphatic hydroxyl groups excluding tert-OH is 1. The van der Waals surface area contributed by atoms with Crippen molar-refractivity contribution in [2.75, 3.05) is 44.7 Å².